The van der Waals surface area contributed by atoms with Crippen molar-refractivity contribution in [2.75, 3.05) is 6.54 Å². The number of rotatable bonds is 1. The molecule has 0 radical (unpaired) electrons. The van der Waals surface area contributed by atoms with E-state index in [1.165, 1.54) is 0 Å². The first-order valence-electron chi connectivity index (χ1n) is 5.66. The Bertz CT molecular complexity index is 372. The summed E-state index contributed by atoms with van der Waals surface area (Å²) in [7, 11) is 0. The van der Waals surface area contributed by atoms with Gasteiger partial charge in [0.25, 0.3) is 5.92 Å². The molecule has 16 heavy (non-hydrogen) atoms. The fourth-order valence-corrected chi connectivity index (χ4v) is 2.23. The lowest BCUT2D eigenvalue weighted by atomic mass is 9.80. The topological polar surface area (TPSA) is 12.0 Å². The highest BCUT2D eigenvalue weighted by atomic mass is 19.3. The number of alkyl halides is 2. The van der Waals surface area contributed by atoms with Crippen molar-refractivity contribution in [3.05, 3.63) is 35.4 Å². The van der Waals surface area contributed by atoms with E-state index in [1.807, 2.05) is 19.1 Å². The zero-order valence-corrected chi connectivity index (χ0v) is 9.69. The monoisotopic (exact) mass is 225 g/mol. The van der Waals surface area contributed by atoms with Crippen LogP contribution in [0.15, 0.2) is 24.3 Å². The molecule has 1 unspecified atom stereocenters. The molecule has 1 aliphatic heterocycles. The molecule has 1 heterocycles. The first-order valence-corrected chi connectivity index (χ1v) is 5.66. The summed E-state index contributed by atoms with van der Waals surface area (Å²) in [5.74, 6) is -2.68. The Balaban J connectivity index is 2.39. The van der Waals surface area contributed by atoms with Crippen molar-refractivity contribution in [1.29, 1.82) is 0 Å². The van der Waals surface area contributed by atoms with Crippen molar-refractivity contribution in [1.82, 2.24) is 5.32 Å². The number of aryl methyl sites for hydroxylation is 1. The lowest BCUT2D eigenvalue weighted by Gasteiger charge is -2.42. The third-order valence-electron chi connectivity index (χ3n) is 3.51. The molecule has 0 aliphatic carbocycles. The molecule has 0 aromatic heterocycles. The van der Waals surface area contributed by atoms with Crippen LogP contribution in [0.25, 0.3) is 0 Å². The van der Waals surface area contributed by atoms with Gasteiger partial charge in [-0.2, -0.15) is 0 Å². The zero-order valence-electron chi connectivity index (χ0n) is 9.69. The maximum absolute atomic E-state index is 14.0. The minimum atomic E-state index is -2.68. The van der Waals surface area contributed by atoms with E-state index in [2.05, 4.69) is 5.32 Å². The van der Waals surface area contributed by atoms with Crippen molar-refractivity contribution < 1.29 is 8.78 Å². The van der Waals surface area contributed by atoms with Gasteiger partial charge in [-0.1, -0.05) is 29.8 Å². The van der Waals surface area contributed by atoms with E-state index < -0.39 is 11.5 Å². The van der Waals surface area contributed by atoms with Crippen LogP contribution in [0.1, 0.15) is 30.9 Å². The summed E-state index contributed by atoms with van der Waals surface area (Å²) in [5, 5.41) is 2.97. The average Bonchev–Trinajstić information content (AvgIpc) is 2.23. The standard InChI is InChI=1S/C13H17F2N/c1-10-4-6-11(7-5-10)12(2)13(14,15)8-3-9-16-12/h4-7,16H,3,8-9H2,1-2H3. The predicted molar refractivity (Wildman–Crippen MR) is 60.7 cm³/mol. The molecule has 2 rings (SSSR count). The van der Waals surface area contributed by atoms with Gasteiger partial charge in [0, 0.05) is 6.42 Å². The molecule has 1 N–H and O–H groups in total. The number of halogens is 2. The second-order valence-corrected chi connectivity index (χ2v) is 4.73. The lowest BCUT2D eigenvalue weighted by molar-refractivity contribution is -0.110. The van der Waals surface area contributed by atoms with E-state index in [1.54, 1.807) is 19.1 Å². The fraction of sp³-hybridized carbons (Fsp3) is 0.538. The molecule has 0 bridgehead atoms. The largest absolute Gasteiger partial charge is 0.303 e. The lowest BCUT2D eigenvalue weighted by Crippen LogP contribution is -2.57. The van der Waals surface area contributed by atoms with Crippen molar-refractivity contribution in [3.8, 4) is 0 Å². The summed E-state index contributed by atoms with van der Waals surface area (Å²) in [6.45, 7) is 4.20. The van der Waals surface area contributed by atoms with Crippen LogP contribution in [0.3, 0.4) is 0 Å². The van der Waals surface area contributed by atoms with Crippen LogP contribution in [-0.2, 0) is 5.54 Å². The molecule has 1 fully saturated rings. The second kappa shape index (κ2) is 3.81. The molecule has 88 valence electrons. The van der Waals surface area contributed by atoms with Crippen LogP contribution < -0.4 is 5.32 Å². The van der Waals surface area contributed by atoms with Gasteiger partial charge in [-0.05, 0) is 32.4 Å². The smallest absolute Gasteiger partial charge is 0.269 e. The number of piperidine rings is 1. The highest BCUT2D eigenvalue weighted by Gasteiger charge is 2.52. The number of benzene rings is 1. The van der Waals surface area contributed by atoms with Crippen molar-refractivity contribution in [3.63, 3.8) is 0 Å². The Kier molecular flexibility index (Phi) is 2.74. The summed E-state index contributed by atoms with van der Waals surface area (Å²) < 4.78 is 28.0. The number of hydrogen-bond acceptors (Lipinski definition) is 1. The Morgan fingerprint density at radius 2 is 1.81 bits per heavy atom. The fourth-order valence-electron chi connectivity index (χ4n) is 2.23. The van der Waals surface area contributed by atoms with Crippen LogP contribution in [0.2, 0.25) is 0 Å². The molecule has 3 heteroatoms. The van der Waals surface area contributed by atoms with Crippen LogP contribution in [0.5, 0.6) is 0 Å². The highest BCUT2D eigenvalue weighted by Crippen LogP contribution is 2.42. The van der Waals surface area contributed by atoms with Crippen molar-refractivity contribution in [2.24, 2.45) is 0 Å². The quantitative estimate of drug-likeness (QED) is 0.773. The molecule has 1 aliphatic rings. The van der Waals surface area contributed by atoms with Gasteiger partial charge in [0.05, 0.1) is 0 Å². The van der Waals surface area contributed by atoms with Gasteiger partial charge in [0.1, 0.15) is 5.54 Å². The van der Waals surface area contributed by atoms with Crippen LogP contribution in [-0.4, -0.2) is 12.5 Å². The molecular weight excluding hydrogens is 208 g/mol. The molecule has 1 aromatic rings. The van der Waals surface area contributed by atoms with Crippen LogP contribution in [0, 0.1) is 6.92 Å². The average molecular weight is 225 g/mol. The Morgan fingerprint density at radius 3 is 2.38 bits per heavy atom. The predicted octanol–water partition coefficient (Wildman–Crippen LogP) is 3.23. The van der Waals surface area contributed by atoms with E-state index >= 15 is 0 Å². The Hall–Kier alpha value is -0.960. The van der Waals surface area contributed by atoms with Gasteiger partial charge >= 0.3 is 0 Å². The molecule has 1 saturated heterocycles. The number of nitrogens with one attached hydrogen (secondary N) is 1. The molecule has 1 atom stereocenters. The molecule has 0 spiro atoms. The van der Waals surface area contributed by atoms with E-state index in [0.29, 0.717) is 18.5 Å². The van der Waals surface area contributed by atoms with E-state index in [-0.39, 0.29) is 6.42 Å². The minimum absolute atomic E-state index is 0.0373. The number of hydrogen-bond donors (Lipinski definition) is 1. The van der Waals surface area contributed by atoms with E-state index in [9.17, 15) is 8.78 Å². The normalized spacial score (nSPS) is 29.0. The minimum Gasteiger partial charge on any atom is -0.303 e. The summed E-state index contributed by atoms with van der Waals surface area (Å²) >= 11 is 0. The molecular formula is C13H17F2N. The summed E-state index contributed by atoms with van der Waals surface area (Å²) in [5.41, 5.74) is 0.535. The third-order valence-corrected chi connectivity index (χ3v) is 3.51. The van der Waals surface area contributed by atoms with Gasteiger partial charge in [0.15, 0.2) is 0 Å². The first-order chi connectivity index (χ1) is 7.46. The maximum Gasteiger partial charge on any atom is 0.269 e. The zero-order chi connectivity index (χ0) is 11.8. The van der Waals surface area contributed by atoms with Crippen LogP contribution >= 0.6 is 0 Å². The maximum atomic E-state index is 14.0. The first kappa shape index (κ1) is 11.5. The summed E-state index contributed by atoms with van der Waals surface area (Å²) in [6.07, 6.45) is 0.499. The van der Waals surface area contributed by atoms with Crippen LogP contribution in [0.4, 0.5) is 8.78 Å². The van der Waals surface area contributed by atoms with Crippen molar-refractivity contribution in [2.45, 2.75) is 38.2 Å². The van der Waals surface area contributed by atoms with Crippen molar-refractivity contribution >= 4 is 0 Å². The van der Waals surface area contributed by atoms with Gasteiger partial charge in [-0.3, -0.25) is 0 Å². The van der Waals surface area contributed by atoms with E-state index in [4.69, 9.17) is 0 Å². The van der Waals surface area contributed by atoms with E-state index in [0.717, 1.165) is 5.56 Å². The van der Waals surface area contributed by atoms with Gasteiger partial charge in [-0.15, -0.1) is 0 Å². The van der Waals surface area contributed by atoms with Gasteiger partial charge in [0.2, 0.25) is 0 Å². The Labute approximate surface area is 94.9 Å². The summed E-state index contributed by atoms with van der Waals surface area (Å²) in [4.78, 5) is 0. The SMILES string of the molecule is Cc1ccc(C2(C)NCCCC2(F)F)cc1. The molecule has 1 aromatic carbocycles. The third kappa shape index (κ3) is 1.73. The highest BCUT2D eigenvalue weighted by molar-refractivity contribution is 5.30. The Morgan fingerprint density at radius 1 is 1.19 bits per heavy atom. The molecule has 0 saturated carbocycles. The van der Waals surface area contributed by atoms with Gasteiger partial charge < -0.3 is 5.32 Å². The second-order valence-electron chi connectivity index (χ2n) is 4.73. The molecule has 0 amide bonds. The van der Waals surface area contributed by atoms with Gasteiger partial charge in [-0.25, -0.2) is 8.78 Å². The summed E-state index contributed by atoms with van der Waals surface area (Å²) in [6, 6.07) is 7.35. The molecule has 1 nitrogen and oxygen atoms in total.